The molecule has 4 rings (SSSR count). The molecular weight excluding hydrogens is 386 g/mol. The monoisotopic (exact) mass is 405 g/mol. The zero-order valence-corrected chi connectivity index (χ0v) is 16.2. The Kier molecular flexibility index (Phi) is 5.75. The predicted molar refractivity (Wildman–Crippen MR) is 107 cm³/mol. The van der Waals surface area contributed by atoms with E-state index in [1.807, 2.05) is 24.3 Å². The van der Waals surface area contributed by atoms with E-state index in [9.17, 15) is 4.79 Å². The van der Waals surface area contributed by atoms with Gasteiger partial charge in [0.15, 0.2) is 6.61 Å². The number of carbonyl (C=O) groups excluding carboxylic acids is 1. The molecule has 0 saturated carbocycles. The summed E-state index contributed by atoms with van der Waals surface area (Å²) in [6.07, 6.45) is 1.56. The molecule has 0 spiro atoms. The minimum Gasteiger partial charge on any atom is -0.497 e. The molecule has 8 nitrogen and oxygen atoms in total. The summed E-state index contributed by atoms with van der Waals surface area (Å²) in [4.78, 5) is 16.9. The lowest BCUT2D eigenvalue weighted by Crippen LogP contribution is -2.23. The van der Waals surface area contributed by atoms with Crippen LogP contribution >= 0.6 is 0 Å². The minimum absolute atomic E-state index is 0.0334. The first-order chi connectivity index (χ1) is 14.7. The quantitative estimate of drug-likeness (QED) is 0.475. The third kappa shape index (κ3) is 4.49. The van der Waals surface area contributed by atoms with Crippen LogP contribution in [0.5, 0.6) is 11.5 Å². The summed E-state index contributed by atoms with van der Waals surface area (Å²) < 4.78 is 21.4. The van der Waals surface area contributed by atoms with E-state index in [0.29, 0.717) is 28.8 Å². The van der Waals surface area contributed by atoms with E-state index in [2.05, 4.69) is 15.5 Å². The van der Waals surface area contributed by atoms with Crippen molar-refractivity contribution in [2.24, 2.45) is 0 Å². The maximum Gasteiger partial charge on any atom is 0.264 e. The van der Waals surface area contributed by atoms with Crippen LogP contribution in [0.4, 0.5) is 0 Å². The molecule has 30 heavy (non-hydrogen) atoms. The fourth-order valence-corrected chi connectivity index (χ4v) is 2.77. The maximum atomic E-state index is 12.5. The van der Waals surface area contributed by atoms with Crippen molar-refractivity contribution in [3.8, 4) is 22.9 Å². The molecule has 0 aliphatic rings. The van der Waals surface area contributed by atoms with Crippen molar-refractivity contribution in [3.05, 3.63) is 84.1 Å². The molecular formula is C22H19N3O5. The van der Waals surface area contributed by atoms with Gasteiger partial charge in [-0.05, 0) is 48.5 Å². The average Bonchev–Trinajstić information content (AvgIpc) is 3.48. The van der Waals surface area contributed by atoms with Gasteiger partial charge in [-0.2, -0.15) is 4.98 Å². The van der Waals surface area contributed by atoms with Gasteiger partial charge in [0, 0.05) is 5.56 Å². The highest BCUT2D eigenvalue weighted by Gasteiger charge is 2.14. The fourth-order valence-electron chi connectivity index (χ4n) is 2.77. The van der Waals surface area contributed by atoms with E-state index in [0.717, 1.165) is 11.3 Å². The van der Waals surface area contributed by atoms with Crippen molar-refractivity contribution >= 4 is 5.91 Å². The summed E-state index contributed by atoms with van der Waals surface area (Å²) in [6.45, 7) is 0.320. The molecule has 0 unspecified atom stereocenters. The fraction of sp³-hybridized carbons (Fsp3) is 0.136. The second-order valence-electron chi connectivity index (χ2n) is 6.29. The molecule has 8 heteroatoms. The summed E-state index contributed by atoms with van der Waals surface area (Å²) in [5.74, 6) is 2.30. The summed E-state index contributed by atoms with van der Waals surface area (Å²) >= 11 is 0. The van der Waals surface area contributed by atoms with Crippen LogP contribution in [0.15, 0.2) is 75.9 Å². The Morgan fingerprint density at radius 3 is 2.67 bits per heavy atom. The number of nitrogens with one attached hydrogen (secondary N) is 1. The molecule has 152 valence electrons. The SMILES string of the molecule is COc1ccc(-c2noc(COc3ccccc3C(=O)NCc3ccco3)n2)cc1. The Morgan fingerprint density at radius 2 is 1.90 bits per heavy atom. The average molecular weight is 405 g/mol. The number of aromatic nitrogens is 2. The molecule has 0 bridgehead atoms. The molecule has 1 amide bonds. The molecule has 1 N–H and O–H groups in total. The van der Waals surface area contributed by atoms with Gasteiger partial charge in [0.25, 0.3) is 11.8 Å². The lowest BCUT2D eigenvalue weighted by Gasteiger charge is -2.09. The van der Waals surface area contributed by atoms with E-state index >= 15 is 0 Å². The van der Waals surface area contributed by atoms with Gasteiger partial charge in [0.05, 0.1) is 25.5 Å². The smallest absolute Gasteiger partial charge is 0.264 e. The number of benzene rings is 2. The van der Waals surface area contributed by atoms with E-state index < -0.39 is 0 Å². The summed E-state index contributed by atoms with van der Waals surface area (Å²) in [5, 5.41) is 6.77. The van der Waals surface area contributed by atoms with Gasteiger partial charge in [-0.25, -0.2) is 0 Å². The Balaban J connectivity index is 1.40. The Bertz CT molecular complexity index is 1100. The Morgan fingerprint density at radius 1 is 1.07 bits per heavy atom. The number of amides is 1. The van der Waals surface area contributed by atoms with Crippen LogP contribution in [0.3, 0.4) is 0 Å². The lowest BCUT2D eigenvalue weighted by molar-refractivity contribution is 0.0942. The second-order valence-corrected chi connectivity index (χ2v) is 6.29. The van der Waals surface area contributed by atoms with Crippen molar-refractivity contribution in [1.82, 2.24) is 15.5 Å². The van der Waals surface area contributed by atoms with Crippen LogP contribution in [-0.4, -0.2) is 23.2 Å². The molecule has 0 fully saturated rings. The molecule has 0 aliphatic carbocycles. The third-order valence-corrected chi connectivity index (χ3v) is 4.30. The Hall–Kier alpha value is -4.07. The van der Waals surface area contributed by atoms with E-state index in [1.54, 1.807) is 49.8 Å². The molecule has 0 aliphatic heterocycles. The minimum atomic E-state index is -0.272. The number of para-hydroxylation sites is 1. The highest BCUT2D eigenvalue weighted by molar-refractivity contribution is 5.96. The molecule has 0 atom stereocenters. The number of rotatable bonds is 8. The molecule has 4 aromatic rings. The number of hydrogen-bond donors (Lipinski definition) is 1. The van der Waals surface area contributed by atoms with Crippen molar-refractivity contribution in [3.63, 3.8) is 0 Å². The third-order valence-electron chi connectivity index (χ3n) is 4.30. The molecule has 0 saturated heterocycles. The standard InChI is InChI=1S/C22H19N3O5/c1-27-16-10-8-15(9-11-16)21-24-20(30-25-21)14-29-19-7-3-2-6-18(19)22(26)23-13-17-5-4-12-28-17/h2-12H,13-14H2,1H3,(H,23,26). The largest absolute Gasteiger partial charge is 0.497 e. The van der Waals surface area contributed by atoms with Crippen molar-refractivity contribution in [1.29, 1.82) is 0 Å². The number of nitrogens with zero attached hydrogens (tertiary/aromatic N) is 2. The Labute approximate surface area is 172 Å². The van der Waals surface area contributed by atoms with Crippen LogP contribution in [0.2, 0.25) is 0 Å². The lowest BCUT2D eigenvalue weighted by atomic mass is 10.2. The van der Waals surface area contributed by atoms with Gasteiger partial charge in [0.1, 0.15) is 17.3 Å². The zero-order valence-electron chi connectivity index (χ0n) is 16.2. The molecule has 2 aromatic heterocycles. The van der Waals surface area contributed by atoms with E-state index in [1.165, 1.54) is 0 Å². The van der Waals surface area contributed by atoms with E-state index in [-0.39, 0.29) is 19.1 Å². The second kappa shape index (κ2) is 8.95. The number of hydrogen-bond acceptors (Lipinski definition) is 7. The van der Waals surface area contributed by atoms with Crippen LogP contribution in [0.25, 0.3) is 11.4 Å². The van der Waals surface area contributed by atoms with Gasteiger partial charge < -0.3 is 23.7 Å². The van der Waals surface area contributed by atoms with Gasteiger partial charge in [-0.15, -0.1) is 0 Å². The number of furan rings is 1. The van der Waals surface area contributed by atoms with Crippen LogP contribution in [-0.2, 0) is 13.2 Å². The molecule has 2 aromatic carbocycles. The van der Waals surface area contributed by atoms with Crippen molar-refractivity contribution in [2.75, 3.05) is 7.11 Å². The van der Waals surface area contributed by atoms with Gasteiger partial charge in [-0.3, -0.25) is 4.79 Å². The predicted octanol–water partition coefficient (Wildman–Crippen LogP) is 3.85. The first-order valence-electron chi connectivity index (χ1n) is 9.22. The van der Waals surface area contributed by atoms with Crippen molar-refractivity contribution < 1.29 is 23.2 Å². The zero-order chi connectivity index (χ0) is 20.8. The van der Waals surface area contributed by atoms with Crippen LogP contribution < -0.4 is 14.8 Å². The van der Waals surface area contributed by atoms with Gasteiger partial charge in [-0.1, -0.05) is 17.3 Å². The normalized spacial score (nSPS) is 10.6. The number of ether oxygens (including phenoxy) is 2. The van der Waals surface area contributed by atoms with E-state index in [4.69, 9.17) is 18.4 Å². The highest BCUT2D eigenvalue weighted by atomic mass is 16.5. The first-order valence-corrected chi connectivity index (χ1v) is 9.22. The van der Waals surface area contributed by atoms with Crippen molar-refractivity contribution in [2.45, 2.75) is 13.2 Å². The number of carbonyl (C=O) groups is 1. The van der Waals surface area contributed by atoms with Crippen LogP contribution in [0, 0.1) is 0 Å². The number of methoxy groups -OCH3 is 1. The topological polar surface area (TPSA) is 99.6 Å². The van der Waals surface area contributed by atoms with Crippen LogP contribution in [0.1, 0.15) is 22.0 Å². The molecule has 0 radical (unpaired) electrons. The first kappa shape index (κ1) is 19.3. The maximum absolute atomic E-state index is 12.5. The summed E-state index contributed by atoms with van der Waals surface area (Å²) in [5.41, 5.74) is 1.20. The summed E-state index contributed by atoms with van der Waals surface area (Å²) in [7, 11) is 1.61. The van der Waals surface area contributed by atoms with Gasteiger partial charge >= 0.3 is 0 Å². The summed E-state index contributed by atoms with van der Waals surface area (Å²) in [6, 6.07) is 17.8. The van der Waals surface area contributed by atoms with Gasteiger partial charge in [0.2, 0.25) is 5.82 Å². The molecule has 2 heterocycles. The highest BCUT2D eigenvalue weighted by Crippen LogP contribution is 2.22.